The lowest BCUT2D eigenvalue weighted by molar-refractivity contribution is 0.0650. The molecule has 5 heteroatoms. The van der Waals surface area contributed by atoms with Gasteiger partial charge in [-0.1, -0.05) is 30.3 Å². The molecule has 0 aliphatic carbocycles. The van der Waals surface area contributed by atoms with Gasteiger partial charge in [-0.05, 0) is 6.92 Å². The summed E-state index contributed by atoms with van der Waals surface area (Å²) >= 11 is 1.52. The summed E-state index contributed by atoms with van der Waals surface area (Å²) in [5.41, 5.74) is 1.62. The smallest absolute Gasteiger partial charge is 0.273 e. The predicted molar refractivity (Wildman–Crippen MR) is 80.9 cm³/mol. The molecule has 1 unspecified atom stereocenters. The SMILES string of the molecule is CC1CNCCN1C(=O)c1csc(-c2ccccc2)n1. The molecule has 20 heavy (non-hydrogen) atoms. The summed E-state index contributed by atoms with van der Waals surface area (Å²) in [7, 11) is 0. The monoisotopic (exact) mass is 287 g/mol. The first-order valence-corrected chi connectivity index (χ1v) is 7.66. The van der Waals surface area contributed by atoms with Crippen molar-refractivity contribution in [2.24, 2.45) is 0 Å². The maximum absolute atomic E-state index is 12.5. The summed E-state index contributed by atoms with van der Waals surface area (Å²) in [6.45, 7) is 4.51. The number of amides is 1. The van der Waals surface area contributed by atoms with Crippen molar-refractivity contribution in [2.45, 2.75) is 13.0 Å². The first-order valence-electron chi connectivity index (χ1n) is 6.78. The first-order chi connectivity index (χ1) is 9.75. The quantitative estimate of drug-likeness (QED) is 0.921. The van der Waals surface area contributed by atoms with E-state index in [1.807, 2.05) is 40.6 Å². The normalized spacial score (nSPS) is 19.1. The molecule has 1 aliphatic heterocycles. The summed E-state index contributed by atoms with van der Waals surface area (Å²) in [4.78, 5) is 18.9. The number of thiazole rings is 1. The zero-order valence-electron chi connectivity index (χ0n) is 11.4. The van der Waals surface area contributed by atoms with Gasteiger partial charge in [0, 0.05) is 36.6 Å². The van der Waals surface area contributed by atoms with E-state index in [4.69, 9.17) is 0 Å². The number of benzene rings is 1. The molecule has 1 saturated heterocycles. The molecular weight excluding hydrogens is 270 g/mol. The van der Waals surface area contributed by atoms with Gasteiger partial charge < -0.3 is 10.2 Å². The first kappa shape index (κ1) is 13.3. The van der Waals surface area contributed by atoms with E-state index >= 15 is 0 Å². The topological polar surface area (TPSA) is 45.2 Å². The van der Waals surface area contributed by atoms with Crippen LogP contribution >= 0.6 is 11.3 Å². The van der Waals surface area contributed by atoms with Gasteiger partial charge in [0.25, 0.3) is 5.91 Å². The molecular formula is C15H17N3OS. The van der Waals surface area contributed by atoms with E-state index in [1.165, 1.54) is 11.3 Å². The second-order valence-corrected chi connectivity index (χ2v) is 5.81. The van der Waals surface area contributed by atoms with Gasteiger partial charge in [-0.25, -0.2) is 4.98 Å². The highest BCUT2D eigenvalue weighted by molar-refractivity contribution is 7.13. The molecule has 2 heterocycles. The third-order valence-corrected chi connectivity index (χ3v) is 4.40. The van der Waals surface area contributed by atoms with E-state index in [0.717, 1.165) is 30.2 Å². The molecule has 0 radical (unpaired) electrons. The van der Waals surface area contributed by atoms with Crippen LogP contribution in [0.2, 0.25) is 0 Å². The molecule has 0 saturated carbocycles. The van der Waals surface area contributed by atoms with Gasteiger partial charge in [0.15, 0.2) is 0 Å². The van der Waals surface area contributed by atoms with Gasteiger partial charge >= 0.3 is 0 Å². The number of carbonyl (C=O) groups is 1. The minimum atomic E-state index is 0.0393. The van der Waals surface area contributed by atoms with Gasteiger partial charge in [0.1, 0.15) is 10.7 Å². The van der Waals surface area contributed by atoms with E-state index in [1.54, 1.807) is 0 Å². The second kappa shape index (κ2) is 5.73. The van der Waals surface area contributed by atoms with E-state index in [9.17, 15) is 4.79 Å². The molecule has 1 fully saturated rings. The van der Waals surface area contributed by atoms with Crippen LogP contribution in [0.1, 0.15) is 17.4 Å². The lowest BCUT2D eigenvalue weighted by Gasteiger charge is -2.33. The Morgan fingerprint density at radius 2 is 2.20 bits per heavy atom. The van der Waals surface area contributed by atoms with Crippen LogP contribution in [0, 0.1) is 0 Å². The zero-order chi connectivity index (χ0) is 13.9. The Hall–Kier alpha value is -1.72. The van der Waals surface area contributed by atoms with E-state index < -0.39 is 0 Å². The molecule has 0 spiro atoms. The fourth-order valence-electron chi connectivity index (χ4n) is 2.38. The van der Waals surface area contributed by atoms with Gasteiger partial charge in [-0.3, -0.25) is 4.79 Å². The summed E-state index contributed by atoms with van der Waals surface area (Å²) in [6.07, 6.45) is 0. The molecule has 4 nitrogen and oxygen atoms in total. The standard InChI is InChI=1S/C15H17N3OS/c1-11-9-16-7-8-18(11)15(19)13-10-20-14(17-13)12-5-3-2-4-6-12/h2-6,10-11,16H,7-9H2,1H3. The highest BCUT2D eigenvalue weighted by Crippen LogP contribution is 2.24. The number of nitrogens with zero attached hydrogens (tertiary/aromatic N) is 2. The summed E-state index contributed by atoms with van der Waals surface area (Å²) in [6, 6.07) is 10.2. The van der Waals surface area contributed by atoms with Gasteiger partial charge in [0.05, 0.1) is 0 Å². The number of carbonyl (C=O) groups excluding carboxylic acids is 1. The van der Waals surface area contributed by atoms with Crippen LogP contribution in [0.4, 0.5) is 0 Å². The summed E-state index contributed by atoms with van der Waals surface area (Å²) in [5, 5.41) is 6.05. The number of rotatable bonds is 2. The number of aromatic nitrogens is 1. The molecule has 1 aromatic heterocycles. The summed E-state index contributed by atoms with van der Waals surface area (Å²) < 4.78 is 0. The second-order valence-electron chi connectivity index (χ2n) is 4.96. The predicted octanol–water partition coefficient (Wildman–Crippen LogP) is 2.24. The molecule has 1 amide bonds. The van der Waals surface area contributed by atoms with Crippen LogP contribution in [0.3, 0.4) is 0 Å². The average molecular weight is 287 g/mol. The van der Waals surface area contributed by atoms with Crippen molar-refractivity contribution in [3.8, 4) is 10.6 Å². The Morgan fingerprint density at radius 3 is 2.95 bits per heavy atom. The molecule has 1 aromatic carbocycles. The van der Waals surface area contributed by atoms with Crippen LogP contribution in [-0.2, 0) is 0 Å². The molecule has 1 aliphatic rings. The Bertz CT molecular complexity index is 596. The molecule has 3 rings (SSSR count). The number of nitrogens with one attached hydrogen (secondary N) is 1. The van der Waals surface area contributed by atoms with Crippen LogP contribution in [0.15, 0.2) is 35.7 Å². The average Bonchev–Trinajstić information content (AvgIpc) is 2.98. The fraction of sp³-hybridized carbons (Fsp3) is 0.333. The summed E-state index contributed by atoms with van der Waals surface area (Å²) in [5.74, 6) is 0.0393. The number of hydrogen-bond donors (Lipinski definition) is 1. The van der Waals surface area contributed by atoms with Crippen molar-refractivity contribution in [3.05, 3.63) is 41.4 Å². The van der Waals surface area contributed by atoms with Gasteiger partial charge in [-0.15, -0.1) is 11.3 Å². The van der Waals surface area contributed by atoms with Crippen LogP contribution in [0.25, 0.3) is 10.6 Å². The van der Waals surface area contributed by atoms with Crippen LogP contribution in [0.5, 0.6) is 0 Å². The third-order valence-electron chi connectivity index (χ3n) is 3.51. The van der Waals surface area contributed by atoms with Crippen molar-refractivity contribution in [1.29, 1.82) is 0 Å². The lowest BCUT2D eigenvalue weighted by atomic mass is 10.2. The zero-order valence-corrected chi connectivity index (χ0v) is 12.2. The maximum Gasteiger partial charge on any atom is 0.273 e. The number of hydrogen-bond acceptors (Lipinski definition) is 4. The largest absolute Gasteiger partial charge is 0.332 e. The maximum atomic E-state index is 12.5. The lowest BCUT2D eigenvalue weighted by Crippen LogP contribution is -2.52. The minimum Gasteiger partial charge on any atom is -0.332 e. The highest BCUT2D eigenvalue weighted by atomic mass is 32.1. The van der Waals surface area contributed by atoms with Crippen molar-refractivity contribution >= 4 is 17.2 Å². The Morgan fingerprint density at radius 1 is 1.40 bits per heavy atom. The third kappa shape index (κ3) is 2.59. The van der Waals surface area contributed by atoms with E-state index in [-0.39, 0.29) is 11.9 Å². The minimum absolute atomic E-state index is 0.0393. The van der Waals surface area contributed by atoms with Crippen LogP contribution < -0.4 is 5.32 Å². The van der Waals surface area contributed by atoms with Gasteiger partial charge in [0.2, 0.25) is 0 Å². The fourth-order valence-corrected chi connectivity index (χ4v) is 3.18. The van der Waals surface area contributed by atoms with Crippen molar-refractivity contribution in [3.63, 3.8) is 0 Å². The van der Waals surface area contributed by atoms with E-state index in [0.29, 0.717) is 5.69 Å². The number of piperazine rings is 1. The van der Waals surface area contributed by atoms with Crippen molar-refractivity contribution in [1.82, 2.24) is 15.2 Å². The molecule has 104 valence electrons. The highest BCUT2D eigenvalue weighted by Gasteiger charge is 2.25. The van der Waals surface area contributed by atoms with Gasteiger partial charge in [-0.2, -0.15) is 0 Å². The Balaban J connectivity index is 1.81. The van der Waals surface area contributed by atoms with Crippen LogP contribution in [-0.4, -0.2) is 41.5 Å². The van der Waals surface area contributed by atoms with Crippen molar-refractivity contribution in [2.75, 3.05) is 19.6 Å². The molecule has 1 atom stereocenters. The van der Waals surface area contributed by atoms with E-state index in [2.05, 4.69) is 17.2 Å². The molecule has 1 N–H and O–H groups in total. The Labute approximate surface area is 122 Å². The molecule has 0 bridgehead atoms. The Kier molecular flexibility index (Phi) is 3.80. The van der Waals surface area contributed by atoms with Crippen molar-refractivity contribution < 1.29 is 4.79 Å². The molecule has 2 aromatic rings.